The lowest BCUT2D eigenvalue weighted by molar-refractivity contribution is 0.0314. The molecule has 5 heteroatoms. The maximum absolute atomic E-state index is 13.5. The lowest BCUT2D eigenvalue weighted by atomic mass is 9.97. The van der Waals surface area contributed by atoms with E-state index >= 15 is 0 Å². The fourth-order valence-electron chi connectivity index (χ4n) is 1.83. The molecule has 0 aliphatic rings. The fraction of sp³-hybridized carbons (Fsp3) is 0.533. The van der Waals surface area contributed by atoms with Crippen LogP contribution < -0.4 is 5.32 Å². The molecule has 0 radical (unpaired) electrons. The number of benzene rings is 1. The summed E-state index contributed by atoms with van der Waals surface area (Å²) in [6, 6.07) is 4.13. The SMILES string of the molecule is CCC(O)(CC)CNC(=O)c1ccc(F)c(COC)c1. The molecular formula is C15H22FNO3. The van der Waals surface area contributed by atoms with Gasteiger partial charge in [0, 0.05) is 24.8 Å². The number of nitrogens with one attached hydrogen (secondary N) is 1. The van der Waals surface area contributed by atoms with Crippen LogP contribution in [0.4, 0.5) is 4.39 Å². The molecule has 0 saturated carbocycles. The minimum Gasteiger partial charge on any atom is -0.388 e. The summed E-state index contributed by atoms with van der Waals surface area (Å²) in [5, 5.41) is 12.8. The highest BCUT2D eigenvalue weighted by atomic mass is 19.1. The van der Waals surface area contributed by atoms with Gasteiger partial charge in [-0.25, -0.2) is 4.39 Å². The van der Waals surface area contributed by atoms with Crippen LogP contribution in [-0.2, 0) is 11.3 Å². The summed E-state index contributed by atoms with van der Waals surface area (Å²) in [5.41, 5.74) is -0.209. The van der Waals surface area contributed by atoms with Gasteiger partial charge in [0.05, 0.1) is 12.2 Å². The van der Waals surface area contributed by atoms with Gasteiger partial charge in [-0.3, -0.25) is 4.79 Å². The average molecular weight is 283 g/mol. The highest BCUT2D eigenvalue weighted by Crippen LogP contribution is 2.14. The Morgan fingerprint density at radius 3 is 2.60 bits per heavy atom. The largest absolute Gasteiger partial charge is 0.388 e. The van der Waals surface area contributed by atoms with Crippen LogP contribution in [0.5, 0.6) is 0 Å². The first-order valence-corrected chi connectivity index (χ1v) is 6.73. The Morgan fingerprint density at radius 1 is 1.40 bits per heavy atom. The topological polar surface area (TPSA) is 58.6 Å². The van der Waals surface area contributed by atoms with Gasteiger partial charge in [0.15, 0.2) is 0 Å². The van der Waals surface area contributed by atoms with Crippen LogP contribution in [0.1, 0.15) is 42.6 Å². The summed E-state index contributed by atoms with van der Waals surface area (Å²) in [6.45, 7) is 4.02. The van der Waals surface area contributed by atoms with Crippen molar-refractivity contribution in [3.05, 3.63) is 35.1 Å². The number of carbonyl (C=O) groups excluding carboxylic acids is 1. The molecule has 0 spiro atoms. The van der Waals surface area contributed by atoms with E-state index in [0.717, 1.165) is 0 Å². The lowest BCUT2D eigenvalue weighted by Gasteiger charge is -2.25. The Bertz CT molecular complexity index is 458. The molecule has 20 heavy (non-hydrogen) atoms. The summed E-state index contributed by atoms with van der Waals surface area (Å²) in [4.78, 5) is 12.0. The van der Waals surface area contributed by atoms with Gasteiger partial charge >= 0.3 is 0 Å². The van der Waals surface area contributed by atoms with Crippen LogP contribution in [0.15, 0.2) is 18.2 Å². The number of hydrogen-bond acceptors (Lipinski definition) is 3. The number of amides is 1. The standard InChI is InChI=1S/C15H22FNO3/c1-4-15(19,5-2)10-17-14(18)11-6-7-13(16)12(8-11)9-20-3/h6-8,19H,4-5,9-10H2,1-3H3,(H,17,18). The number of ether oxygens (including phenoxy) is 1. The van der Waals surface area contributed by atoms with Crippen molar-refractivity contribution < 1.29 is 19.0 Å². The smallest absolute Gasteiger partial charge is 0.251 e. The van der Waals surface area contributed by atoms with E-state index in [2.05, 4.69) is 5.32 Å². The van der Waals surface area contributed by atoms with Crippen molar-refractivity contribution in [2.75, 3.05) is 13.7 Å². The number of methoxy groups -OCH3 is 1. The van der Waals surface area contributed by atoms with Crippen LogP contribution in [-0.4, -0.2) is 30.3 Å². The molecule has 1 amide bonds. The van der Waals surface area contributed by atoms with E-state index in [4.69, 9.17) is 4.74 Å². The summed E-state index contributed by atoms with van der Waals surface area (Å²) < 4.78 is 18.3. The van der Waals surface area contributed by atoms with E-state index in [1.807, 2.05) is 13.8 Å². The van der Waals surface area contributed by atoms with Gasteiger partial charge in [-0.05, 0) is 31.0 Å². The fourth-order valence-corrected chi connectivity index (χ4v) is 1.83. The molecule has 0 atom stereocenters. The summed E-state index contributed by atoms with van der Waals surface area (Å²) in [5.74, 6) is -0.732. The van der Waals surface area contributed by atoms with Crippen LogP contribution in [0.2, 0.25) is 0 Å². The Hall–Kier alpha value is -1.46. The van der Waals surface area contributed by atoms with E-state index in [0.29, 0.717) is 24.0 Å². The van der Waals surface area contributed by atoms with Crippen LogP contribution in [0.25, 0.3) is 0 Å². The predicted molar refractivity (Wildman–Crippen MR) is 75.0 cm³/mol. The number of rotatable bonds is 7. The van der Waals surface area contributed by atoms with Crippen LogP contribution in [0, 0.1) is 5.82 Å². The monoisotopic (exact) mass is 283 g/mol. The lowest BCUT2D eigenvalue weighted by Crippen LogP contribution is -2.42. The molecule has 0 unspecified atom stereocenters. The second-order valence-corrected chi connectivity index (χ2v) is 4.85. The zero-order chi connectivity index (χ0) is 15.2. The molecule has 2 N–H and O–H groups in total. The van der Waals surface area contributed by atoms with Crippen molar-refractivity contribution >= 4 is 5.91 Å². The van der Waals surface area contributed by atoms with Crippen molar-refractivity contribution in [1.29, 1.82) is 0 Å². The highest BCUT2D eigenvalue weighted by Gasteiger charge is 2.23. The number of carbonyl (C=O) groups is 1. The molecule has 0 aliphatic carbocycles. The minimum absolute atomic E-state index is 0.112. The second kappa shape index (κ2) is 7.36. The molecule has 1 rings (SSSR count). The van der Waals surface area contributed by atoms with Crippen LogP contribution >= 0.6 is 0 Å². The van der Waals surface area contributed by atoms with E-state index < -0.39 is 11.4 Å². The third-order valence-corrected chi connectivity index (χ3v) is 3.50. The first-order valence-electron chi connectivity index (χ1n) is 6.73. The van der Waals surface area contributed by atoms with Crippen LogP contribution in [0.3, 0.4) is 0 Å². The number of halogens is 1. The van der Waals surface area contributed by atoms with Gasteiger partial charge in [-0.15, -0.1) is 0 Å². The maximum Gasteiger partial charge on any atom is 0.251 e. The number of hydrogen-bond donors (Lipinski definition) is 2. The van der Waals surface area contributed by atoms with E-state index in [1.54, 1.807) is 0 Å². The van der Waals surface area contributed by atoms with Gasteiger partial charge in [0.1, 0.15) is 5.82 Å². The Labute approximate surface area is 119 Å². The van der Waals surface area contributed by atoms with Gasteiger partial charge < -0.3 is 15.2 Å². The number of aliphatic hydroxyl groups is 1. The highest BCUT2D eigenvalue weighted by molar-refractivity contribution is 5.94. The van der Waals surface area contributed by atoms with Crippen molar-refractivity contribution in [3.8, 4) is 0 Å². The molecule has 1 aromatic rings. The van der Waals surface area contributed by atoms with Crippen molar-refractivity contribution in [2.45, 2.75) is 38.9 Å². The van der Waals surface area contributed by atoms with Crippen molar-refractivity contribution in [3.63, 3.8) is 0 Å². The Balaban J connectivity index is 2.75. The zero-order valence-corrected chi connectivity index (χ0v) is 12.2. The predicted octanol–water partition coefficient (Wildman–Crippen LogP) is 2.25. The molecular weight excluding hydrogens is 261 g/mol. The normalized spacial score (nSPS) is 11.4. The van der Waals surface area contributed by atoms with Gasteiger partial charge in [-0.2, -0.15) is 0 Å². The van der Waals surface area contributed by atoms with E-state index in [1.165, 1.54) is 25.3 Å². The maximum atomic E-state index is 13.5. The van der Waals surface area contributed by atoms with Gasteiger partial charge in [0.2, 0.25) is 0 Å². The summed E-state index contributed by atoms with van der Waals surface area (Å²) in [6.07, 6.45) is 1.12. The van der Waals surface area contributed by atoms with Gasteiger partial charge in [0.25, 0.3) is 5.91 Å². The average Bonchev–Trinajstić information content (AvgIpc) is 2.47. The van der Waals surface area contributed by atoms with E-state index in [-0.39, 0.29) is 19.1 Å². The molecule has 112 valence electrons. The molecule has 0 saturated heterocycles. The Morgan fingerprint density at radius 2 is 2.05 bits per heavy atom. The minimum atomic E-state index is -0.898. The first-order chi connectivity index (χ1) is 9.45. The molecule has 1 aromatic carbocycles. The van der Waals surface area contributed by atoms with Crippen molar-refractivity contribution in [1.82, 2.24) is 5.32 Å². The summed E-state index contributed by atoms with van der Waals surface area (Å²) in [7, 11) is 1.47. The molecule has 0 aliphatic heterocycles. The zero-order valence-electron chi connectivity index (χ0n) is 12.2. The third-order valence-electron chi connectivity index (χ3n) is 3.50. The first kappa shape index (κ1) is 16.6. The molecule has 0 bridgehead atoms. The van der Waals surface area contributed by atoms with E-state index in [9.17, 15) is 14.3 Å². The summed E-state index contributed by atoms with van der Waals surface area (Å²) >= 11 is 0. The van der Waals surface area contributed by atoms with Crippen molar-refractivity contribution in [2.24, 2.45) is 0 Å². The Kier molecular flexibility index (Phi) is 6.10. The molecule has 0 aromatic heterocycles. The van der Waals surface area contributed by atoms with Gasteiger partial charge in [-0.1, -0.05) is 13.8 Å². The molecule has 4 nitrogen and oxygen atoms in total. The molecule has 0 fully saturated rings. The third kappa shape index (κ3) is 4.28. The molecule has 0 heterocycles. The quantitative estimate of drug-likeness (QED) is 0.807. The second-order valence-electron chi connectivity index (χ2n) is 4.85.